The van der Waals surface area contributed by atoms with E-state index in [9.17, 15) is 4.79 Å². The smallest absolute Gasteiger partial charge is 0.306 e. The molecule has 0 radical (unpaired) electrons. The van der Waals surface area contributed by atoms with Gasteiger partial charge in [0.15, 0.2) is 0 Å². The molecule has 2 heterocycles. The topological polar surface area (TPSA) is 55.8 Å². The van der Waals surface area contributed by atoms with E-state index in [2.05, 4.69) is 0 Å². The van der Waals surface area contributed by atoms with Crippen molar-refractivity contribution >= 4 is 17.3 Å². The number of aryl methyl sites for hydroxylation is 1. The van der Waals surface area contributed by atoms with Crippen LogP contribution in [0, 0.1) is 12.8 Å². The van der Waals surface area contributed by atoms with E-state index in [0.29, 0.717) is 19.6 Å². The molecular weight excluding hydrogens is 252 g/mol. The van der Waals surface area contributed by atoms with E-state index in [4.69, 9.17) is 14.6 Å². The molecular formula is C13H18O4S. The van der Waals surface area contributed by atoms with Crippen LogP contribution in [0.1, 0.15) is 29.2 Å². The van der Waals surface area contributed by atoms with Crippen molar-refractivity contribution in [1.29, 1.82) is 0 Å². The minimum atomic E-state index is -0.762. The maximum atomic E-state index is 10.9. The molecule has 5 heteroatoms. The van der Waals surface area contributed by atoms with Crippen LogP contribution in [-0.4, -0.2) is 24.3 Å². The molecule has 1 atom stereocenters. The fourth-order valence-electron chi connectivity index (χ4n) is 2.13. The third kappa shape index (κ3) is 2.58. The van der Waals surface area contributed by atoms with E-state index >= 15 is 0 Å². The predicted molar refractivity (Wildman–Crippen MR) is 68.8 cm³/mol. The minimum absolute atomic E-state index is 0.367. The van der Waals surface area contributed by atoms with Crippen LogP contribution in [0.15, 0.2) is 6.07 Å². The summed E-state index contributed by atoms with van der Waals surface area (Å²) >= 11 is 1.59. The predicted octanol–water partition coefficient (Wildman–Crippen LogP) is 2.54. The molecule has 1 unspecified atom stereocenters. The van der Waals surface area contributed by atoms with E-state index in [0.717, 1.165) is 15.3 Å². The zero-order valence-electron chi connectivity index (χ0n) is 10.9. The molecule has 1 saturated heterocycles. The first-order chi connectivity index (χ1) is 8.42. The Bertz CT molecular complexity index is 446. The summed E-state index contributed by atoms with van der Waals surface area (Å²) in [5.41, 5.74) is 1.11. The van der Waals surface area contributed by atoms with Gasteiger partial charge in [0.2, 0.25) is 5.79 Å². The quantitative estimate of drug-likeness (QED) is 0.913. The van der Waals surface area contributed by atoms with Crippen LogP contribution in [0.25, 0.3) is 0 Å². The molecule has 4 nitrogen and oxygen atoms in total. The highest BCUT2D eigenvalue weighted by Gasteiger charge is 2.36. The van der Waals surface area contributed by atoms with Gasteiger partial charge in [0, 0.05) is 4.88 Å². The van der Waals surface area contributed by atoms with Crippen molar-refractivity contribution in [3.05, 3.63) is 21.4 Å². The van der Waals surface area contributed by atoms with Crippen molar-refractivity contribution < 1.29 is 19.4 Å². The summed E-state index contributed by atoms with van der Waals surface area (Å²) in [6.07, 6.45) is 0.553. The third-order valence-corrected chi connectivity index (χ3v) is 4.59. The van der Waals surface area contributed by atoms with Gasteiger partial charge in [0.05, 0.1) is 24.0 Å². The van der Waals surface area contributed by atoms with Crippen LogP contribution in [0.4, 0.5) is 0 Å². The largest absolute Gasteiger partial charge is 0.481 e. The summed E-state index contributed by atoms with van der Waals surface area (Å²) in [5, 5.41) is 8.94. The molecule has 0 aliphatic carbocycles. The molecule has 1 aromatic heterocycles. The fourth-order valence-corrected chi connectivity index (χ4v) is 3.49. The number of carboxylic acids is 1. The van der Waals surface area contributed by atoms with Gasteiger partial charge in [-0.2, -0.15) is 0 Å². The lowest BCUT2D eigenvalue weighted by atomic mass is 10.1. The molecule has 1 aromatic rings. The van der Waals surface area contributed by atoms with E-state index in [1.807, 2.05) is 19.9 Å². The normalized spacial score (nSPS) is 19.9. The zero-order valence-corrected chi connectivity index (χ0v) is 11.7. The Morgan fingerprint density at radius 1 is 1.56 bits per heavy atom. The molecule has 1 fully saturated rings. The van der Waals surface area contributed by atoms with Crippen LogP contribution in [0.2, 0.25) is 0 Å². The van der Waals surface area contributed by atoms with Gasteiger partial charge in [0.25, 0.3) is 0 Å². The summed E-state index contributed by atoms with van der Waals surface area (Å²) in [6, 6.07) is 2.04. The third-order valence-electron chi connectivity index (χ3n) is 3.15. The second-order valence-corrected chi connectivity index (χ2v) is 5.95. The molecule has 100 valence electrons. The average Bonchev–Trinajstić information content (AvgIpc) is 2.86. The van der Waals surface area contributed by atoms with Crippen molar-refractivity contribution in [1.82, 2.24) is 0 Å². The first kappa shape index (κ1) is 13.5. The van der Waals surface area contributed by atoms with E-state index < -0.39 is 11.8 Å². The number of carboxylic acid groups (broad SMARTS) is 1. The van der Waals surface area contributed by atoms with E-state index in [1.54, 1.807) is 18.3 Å². The SMILES string of the molecule is Cc1cc(CC(C)C(=O)O)sc1C1(C)OCCO1. The Morgan fingerprint density at radius 3 is 2.72 bits per heavy atom. The Labute approximate surface area is 111 Å². The number of rotatable bonds is 4. The zero-order chi connectivity index (χ0) is 13.3. The molecule has 0 spiro atoms. The van der Waals surface area contributed by atoms with Crippen LogP contribution < -0.4 is 0 Å². The molecule has 1 aliphatic rings. The van der Waals surface area contributed by atoms with Crippen LogP contribution >= 0.6 is 11.3 Å². The molecule has 0 amide bonds. The van der Waals surface area contributed by atoms with E-state index in [1.165, 1.54) is 0 Å². The van der Waals surface area contributed by atoms with Crippen molar-refractivity contribution in [2.45, 2.75) is 33.0 Å². The Kier molecular flexibility index (Phi) is 3.75. The lowest BCUT2D eigenvalue weighted by molar-refractivity contribution is -0.147. The molecule has 1 aliphatic heterocycles. The van der Waals surface area contributed by atoms with Crippen LogP contribution in [-0.2, 0) is 26.5 Å². The van der Waals surface area contributed by atoms with E-state index in [-0.39, 0.29) is 5.92 Å². The van der Waals surface area contributed by atoms with Gasteiger partial charge in [-0.15, -0.1) is 11.3 Å². The highest BCUT2D eigenvalue weighted by molar-refractivity contribution is 7.12. The monoisotopic (exact) mass is 270 g/mol. The number of thiophene rings is 1. The number of hydrogen-bond donors (Lipinski definition) is 1. The molecule has 2 rings (SSSR count). The van der Waals surface area contributed by atoms with Crippen molar-refractivity contribution in [2.75, 3.05) is 13.2 Å². The molecule has 0 saturated carbocycles. The fraction of sp³-hybridized carbons (Fsp3) is 0.615. The van der Waals surface area contributed by atoms with Crippen LogP contribution in [0.5, 0.6) is 0 Å². The maximum Gasteiger partial charge on any atom is 0.306 e. The standard InChI is InChI=1S/C13H18O4S/c1-8-6-10(7-9(2)12(14)15)18-11(8)13(3)16-4-5-17-13/h6,9H,4-5,7H2,1-3H3,(H,14,15). The first-order valence-electron chi connectivity index (χ1n) is 6.03. The summed E-state index contributed by atoms with van der Waals surface area (Å²) in [6.45, 7) is 6.87. The Balaban J connectivity index is 2.19. The van der Waals surface area contributed by atoms with Gasteiger partial charge in [-0.3, -0.25) is 4.79 Å². The molecule has 18 heavy (non-hydrogen) atoms. The summed E-state index contributed by atoms with van der Waals surface area (Å²) < 4.78 is 11.3. The average molecular weight is 270 g/mol. The van der Waals surface area contributed by atoms with Crippen molar-refractivity contribution in [3.8, 4) is 0 Å². The molecule has 0 bridgehead atoms. The van der Waals surface area contributed by atoms with Gasteiger partial charge in [0.1, 0.15) is 0 Å². The summed E-state index contributed by atoms with van der Waals surface area (Å²) in [5.74, 6) is -1.78. The van der Waals surface area contributed by atoms with Gasteiger partial charge in [-0.05, 0) is 31.9 Å². The highest BCUT2D eigenvalue weighted by atomic mass is 32.1. The second-order valence-electron chi connectivity index (χ2n) is 4.81. The summed E-state index contributed by atoms with van der Waals surface area (Å²) in [4.78, 5) is 13.0. The Morgan fingerprint density at radius 2 is 2.17 bits per heavy atom. The lowest BCUT2D eigenvalue weighted by Gasteiger charge is -2.21. The first-order valence-corrected chi connectivity index (χ1v) is 6.84. The number of hydrogen-bond acceptors (Lipinski definition) is 4. The van der Waals surface area contributed by atoms with Crippen molar-refractivity contribution in [3.63, 3.8) is 0 Å². The highest BCUT2D eigenvalue weighted by Crippen LogP contribution is 2.38. The van der Waals surface area contributed by atoms with Gasteiger partial charge in [-0.25, -0.2) is 0 Å². The summed E-state index contributed by atoms with van der Waals surface area (Å²) in [7, 11) is 0. The van der Waals surface area contributed by atoms with Gasteiger partial charge >= 0.3 is 5.97 Å². The van der Waals surface area contributed by atoms with Gasteiger partial charge in [-0.1, -0.05) is 6.92 Å². The second kappa shape index (κ2) is 4.99. The van der Waals surface area contributed by atoms with Crippen molar-refractivity contribution in [2.24, 2.45) is 5.92 Å². The molecule has 1 N–H and O–H groups in total. The number of aliphatic carboxylic acids is 1. The maximum absolute atomic E-state index is 10.9. The Hall–Kier alpha value is -0.910. The van der Waals surface area contributed by atoms with Crippen LogP contribution in [0.3, 0.4) is 0 Å². The number of ether oxygens (including phenoxy) is 2. The van der Waals surface area contributed by atoms with Gasteiger partial charge < -0.3 is 14.6 Å². The lowest BCUT2D eigenvalue weighted by Crippen LogP contribution is -2.21. The molecule has 0 aromatic carbocycles. The minimum Gasteiger partial charge on any atom is -0.481 e. The number of carbonyl (C=O) groups is 1.